The van der Waals surface area contributed by atoms with Crippen molar-refractivity contribution in [1.82, 2.24) is 4.90 Å². The molecular weight excluding hydrogens is 555 g/mol. The van der Waals surface area contributed by atoms with E-state index in [1.807, 2.05) is 0 Å². The van der Waals surface area contributed by atoms with Gasteiger partial charge in [0.05, 0.1) is 0 Å². The molecule has 0 radical (unpaired) electrons. The Balaban J connectivity index is 3.25. The van der Waals surface area contributed by atoms with E-state index in [2.05, 4.69) is 50.3 Å². The first-order chi connectivity index (χ1) is 22.8. The van der Waals surface area contributed by atoms with E-state index in [0.717, 1.165) is 0 Å². The van der Waals surface area contributed by atoms with Gasteiger partial charge < -0.3 is 4.90 Å². The number of rotatable bonds is 40. The molecule has 46 heavy (non-hydrogen) atoms. The van der Waals surface area contributed by atoms with Crippen LogP contribution in [-0.2, 0) is 0 Å². The van der Waals surface area contributed by atoms with Crippen LogP contribution in [-0.4, -0.2) is 11.9 Å². The number of allylic oxidation sites excluding steroid dienone is 2. The fourth-order valence-electron chi connectivity index (χ4n) is 6.86. The zero-order valence-electron chi connectivity index (χ0n) is 32.6. The monoisotopic (exact) mass is 644 g/mol. The van der Waals surface area contributed by atoms with E-state index in [9.17, 15) is 0 Å². The Labute approximate surface area is 293 Å². The SMILES string of the molecule is CCCCCCCCCCCCCCCCCCCCC=CN(C)C=CCCCCCCCCCCCCCCCCCCCC. The smallest absolute Gasteiger partial charge is 0.0106 e. The van der Waals surface area contributed by atoms with Crippen LogP contribution in [0, 0.1) is 0 Å². The van der Waals surface area contributed by atoms with Gasteiger partial charge in [-0.3, -0.25) is 0 Å². The number of unbranched alkanes of at least 4 members (excludes halogenated alkanes) is 36. The van der Waals surface area contributed by atoms with Crippen LogP contribution in [0.2, 0.25) is 0 Å². The molecule has 0 aromatic heterocycles. The lowest BCUT2D eigenvalue weighted by Crippen LogP contribution is -1.99. The Bertz CT molecular complexity index is 528. The quantitative estimate of drug-likeness (QED) is 0.0601. The van der Waals surface area contributed by atoms with E-state index < -0.39 is 0 Å². The summed E-state index contributed by atoms with van der Waals surface area (Å²) < 4.78 is 0. The van der Waals surface area contributed by atoms with Crippen molar-refractivity contribution >= 4 is 0 Å². The first kappa shape index (κ1) is 45.3. The van der Waals surface area contributed by atoms with E-state index in [1.54, 1.807) is 0 Å². The number of hydrogen-bond donors (Lipinski definition) is 0. The second-order valence-corrected chi connectivity index (χ2v) is 15.0. The molecule has 0 N–H and O–H groups in total. The third-order valence-corrected chi connectivity index (χ3v) is 10.1. The molecule has 0 aliphatic rings. The van der Waals surface area contributed by atoms with Gasteiger partial charge in [0.15, 0.2) is 0 Å². The maximum Gasteiger partial charge on any atom is 0.0106 e. The minimum atomic E-state index is 1.23. The van der Waals surface area contributed by atoms with Gasteiger partial charge >= 0.3 is 0 Å². The highest BCUT2D eigenvalue weighted by atomic mass is 15.0. The number of nitrogens with zero attached hydrogens (tertiary/aromatic N) is 1. The lowest BCUT2D eigenvalue weighted by molar-refractivity contribution is 0.525. The zero-order valence-corrected chi connectivity index (χ0v) is 32.6. The van der Waals surface area contributed by atoms with Gasteiger partial charge in [-0.15, -0.1) is 0 Å². The van der Waals surface area contributed by atoms with E-state index in [4.69, 9.17) is 0 Å². The molecule has 0 saturated heterocycles. The van der Waals surface area contributed by atoms with Crippen molar-refractivity contribution in [2.24, 2.45) is 0 Å². The summed E-state index contributed by atoms with van der Waals surface area (Å²) in [4.78, 5) is 2.24. The van der Waals surface area contributed by atoms with Gasteiger partial charge in [0.25, 0.3) is 0 Å². The topological polar surface area (TPSA) is 3.24 Å². The number of hydrogen-bond acceptors (Lipinski definition) is 1. The highest BCUT2D eigenvalue weighted by Crippen LogP contribution is 2.16. The molecule has 274 valence electrons. The maximum atomic E-state index is 2.37. The second kappa shape index (κ2) is 42.3. The fraction of sp³-hybridized carbons (Fsp3) is 0.911. The summed E-state index contributed by atoms with van der Waals surface area (Å²) in [5.74, 6) is 0. The van der Waals surface area contributed by atoms with Gasteiger partial charge in [-0.05, 0) is 38.1 Å². The summed E-state index contributed by atoms with van der Waals surface area (Å²) in [6.45, 7) is 4.61. The fourth-order valence-corrected chi connectivity index (χ4v) is 6.86. The van der Waals surface area contributed by atoms with Crippen molar-refractivity contribution in [2.75, 3.05) is 7.05 Å². The third-order valence-electron chi connectivity index (χ3n) is 10.1. The summed E-state index contributed by atoms with van der Waals surface area (Å²) >= 11 is 0. The maximum absolute atomic E-state index is 2.37. The van der Waals surface area contributed by atoms with Gasteiger partial charge in [-0.2, -0.15) is 0 Å². The molecule has 1 nitrogen and oxygen atoms in total. The van der Waals surface area contributed by atoms with Crippen molar-refractivity contribution in [1.29, 1.82) is 0 Å². The first-order valence-electron chi connectivity index (χ1n) is 21.9. The average molecular weight is 644 g/mol. The van der Waals surface area contributed by atoms with Crippen LogP contribution in [0.15, 0.2) is 24.6 Å². The first-order valence-corrected chi connectivity index (χ1v) is 21.9. The van der Waals surface area contributed by atoms with Crippen LogP contribution in [0.1, 0.15) is 258 Å². The van der Waals surface area contributed by atoms with Crippen LogP contribution in [0.4, 0.5) is 0 Å². The van der Waals surface area contributed by atoms with Gasteiger partial charge in [-0.1, -0.05) is 244 Å². The van der Waals surface area contributed by atoms with Crippen LogP contribution in [0.3, 0.4) is 0 Å². The van der Waals surface area contributed by atoms with Crippen LogP contribution in [0.5, 0.6) is 0 Å². The molecule has 0 amide bonds. The molecule has 0 rings (SSSR count). The Morgan fingerprint density at radius 3 is 0.630 bits per heavy atom. The molecular formula is C45H89N. The Morgan fingerprint density at radius 2 is 0.435 bits per heavy atom. The Hall–Kier alpha value is -0.720. The Morgan fingerprint density at radius 1 is 0.261 bits per heavy atom. The van der Waals surface area contributed by atoms with E-state index in [1.165, 1.54) is 244 Å². The average Bonchev–Trinajstić information content (AvgIpc) is 3.06. The molecule has 0 spiro atoms. The molecule has 0 heterocycles. The molecule has 0 fully saturated rings. The molecule has 1 heteroatoms. The molecule has 0 saturated carbocycles. The molecule has 0 aliphatic carbocycles. The summed E-state index contributed by atoms with van der Waals surface area (Å²) in [5, 5.41) is 0. The van der Waals surface area contributed by atoms with Crippen molar-refractivity contribution < 1.29 is 0 Å². The summed E-state index contributed by atoms with van der Waals surface area (Å²) in [6, 6.07) is 0. The van der Waals surface area contributed by atoms with Gasteiger partial charge in [0.1, 0.15) is 0 Å². The van der Waals surface area contributed by atoms with E-state index in [0.29, 0.717) is 0 Å². The second-order valence-electron chi connectivity index (χ2n) is 15.0. The standard InChI is InChI=1S/C45H89N/c1-4-6-8-10-12-14-16-18-20-22-24-26-28-30-32-34-36-38-40-42-44-46(3)45-43-41-39-37-35-33-31-29-27-25-23-21-19-17-15-13-11-9-7-5-2/h42-45H,4-41H2,1-3H3. The minimum Gasteiger partial charge on any atom is -0.358 e. The van der Waals surface area contributed by atoms with Crippen LogP contribution >= 0.6 is 0 Å². The third kappa shape index (κ3) is 41.3. The lowest BCUT2D eigenvalue weighted by atomic mass is 10.0. The van der Waals surface area contributed by atoms with Crippen molar-refractivity contribution in [3.8, 4) is 0 Å². The Kier molecular flexibility index (Phi) is 41.6. The van der Waals surface area contributed by atoms with Crippen molar-refractivity contribution in [2.45, 2.75) is 258 Å². The summed E-state index contributed by atoms with van der Waals surface area (Å²) in [5.41, 5.74) is 0. The van der Waals surface area contributed by atoms with Crippen molar-refractivity contribution in [3.63, 3.8) is 0 Å². The predicted molar refractivity (Wildman–Crippen MR) is 213 cm³/mol. The highest BCUT2D eigenvalue weighted by molar-refractivity contribution is 4.90. The van der Waals surface area contributed by atoms with Gasteiger partial charge in [0, 0.05) is 7.05 Å². The van der Waals surface area contributed by atoms with Crippen molar-refractivity contribution in [3.05, 3.63) is 24.6 Å². The molecule has 0 bridgehead atoms. The molecule has 0 unspecified atom stereocenters. The minimum absolute atomic E-state index is 1.23. The van der Waals surface area contributed by atoms with E-state index >= 15 is 0 Å². The van der Waals surface area contributed by atoms with Crippen LogP contribution in [0.25, 0.3) is 0 Å². The summed E-state index contributed by atoms with van der Waals surface area (Å²) in [7, 11) is 2.18. The molecule has 0 aliphatic heterocycles. The molecule has 0 aromatic carbocycles. The zero-order chi connectivity index (χ0) is 33.3. The molecule has 0 atom stereocenters. The van der Waals surface area contributed by atoms with Crippen LogP contribution < -0.4 is 0 Å². The highest BCUT2D eigenvalue weighted by Gasteiger charge is 1.97. The van der Waals surface area contributed by atoms with Gasteiger partial charge in [-0.25, -0.2) is 0 Å². The van der Waals surface area contributed by atoms with E-state index in [-0.39, 0.29) is 0 Å². The van der Waals surface area contributed by atoms with Gasteiger partial charge in [0.2, 0.25) is 0 Å². The normalized spacial score (nSPS) is 11.9. The lowest BCUT2D eigenvalue weighted by Gasteiger charge is -2.07. The molecule has 0 aromatic rings. The predicted octanol–water partition coefficient (Wildman–Crippen LogP) is 16.8. The largest absolute Gasteiger partial charge is 0.358 e. The summed E-state index contributed by atoms with van der Waals surface area (Å²) in [6.07, 6.45) is 64.0.